The van der Waals surface area contributed by atoms with Gasteiger partial charge in [-0.15, -0.1) is 11.3 Å². The number of carbonyl (C=O) groups is 2. The van der Waals surface area contributed by atoms with Gasteiger partial charge in [0, 0.05) is 32.9 Å². The quantitative estimate of drug-likeness (QED) is 0.391. The summed E-state index contributed by atoms with van der Waals surface area (Å²) in [6.07, 6.45) is 0.835. The van der Waals surface area contributed by atoms with Crippen LogP contribution in [-0.4, -0.2) is 59.4 Å². The molecule has 0 saturated carbocycles. The Hall–Kier alpha value is -2.46. The highest BCUT2D eigenvalue weighted by Gasteiger charge is 2.26. The zero-order valence-electron chi connectivity index (χ0n) is 17.6. The number of methoxy groups -OCH3 is 1. The van der Waals surface area contributed by atoms with Crippen molar-refractivity contribution in [3.05, 3.63) is 33.5 Å². The van der Waals surface area contributed by atoms with Crippen LogP contribution in [0.4, 0.5) is 5.00 Å². The minimum atomic E-state index is -0.508. The van der Waals surface area contributed by atoms with E-state index < -0.39 is 5.97 Å². The molecule has 2 aromatic rings. The van der Waals surface area contributed by atoms with Crippen LogP contribution in [0.1, 0.15) is 43.4 Å². The van der Waals surface area contributed by atoms with Gasteiger partial charge in [0.25, 0.3) is 5.91 Å². The number of esters is 1. The van der Waals surface area contributed by atoms with Gasteiger partial charge in [-0.1, -0.05) is 0 Å². The molecule has 29 heavy (non-hydrogen) atoms. The molecule has 0 aromatic carbocycles. The Bertz CT molecular complexity index is 917. The number of thiocarbonyl (C=S) groups is 1. The number of thiophene rings is 1. The summed E-state index contributed by atoms with van der Waals surface area (Å²) in [5.41, 5.74) is 3.03. The summed E-state index contributed by atoms with van der Waals surface area (Å²) < 4.78 is 6.85. The maximum absolute atomic E-state index is 12.4. The van der Waals surface area contributed by atoms with E-state index in [2.05, 4.69) is 15.7 Å². The number of carbonyl (C=O) groups excluding carboxylic acids is 2. The molecule has 8 nitrogen and oxygen atoms in total. The largest absolute Gasteiger partial charge is 0.465 e. The standard InChI is InChI=1S/C19H27N5O3S2/c1-11-10-12(2)24(22-11)9-7-8-20-19(28)21-16-14(18(26)27-6)13(3)15(29-16)17(25)23(4)5/h10H,7-9H2,1-6H3,(H2,20,21,28). The summed E-state index contributed by atoms with van der Waals surface area (Å²) in [4.78, 5) is 26.6. The molecule has 0 saturated heterocycles. The topological polar surface area (TPSA) is 88.5 Å². The Balaban J connectivity index is 2.03. The van der Waals surface area contributed by atoms with Crippen molar-refractivity contribution in [2.45, 2.75) is 33.7 Å². The van der Waals surface area contributed by atoms with E-state index >= 15 is 0 Å². The number of ether oxygens (including phenoxy) is 1. The number of amides is 1. The molecule has 0 unspecified atom stereocenters. The predicted molar refractivity (Wildman–Crippen MR) is 119 cm³/mol. The van der Waals surface area contributed by atoms with Crippen molar-refractivity contribution in [1.82, 2.24) is 20.0 Å². The summed E-state index contributed by atoms with van der Waals surface area (Å²) in [5.74, 6) is -0.680. The van der Waals surface area contributed by atoms with Crippen LogP contribution in [0.5, 0.6) is 0 Å². The fourth-order valence-electron chi connectivity index (χ4n) is 2.84. The van der Waals surface area contributed by atoms with Gasteiger partial charge >= 0.3 is 5.97 Å². The lowest BCUT2D eigenvalue weighted by atomic mass is 10.1. The monoisotopic (exact) mass is 437 g/mol. The van der Waals surface area contributed by atoms with E-state index in [0.29, 0.717) is 32.7 Å². The summed E-state index contributed by atoms with van der Waals surface area (Å²) in [7, 11) is 4.65. The van der Waals surface area contributed by atoms with Crippen molar-refractivity contribution in [2.75, 3.05) is 33.1 Å². The lowest BCUT2D eigenvalue weighted by Gasteiger charge is -2.11. The minimum Gasteiger partial charge on any atom is -0.465 e. The third-order valence-electron chi connectivity index (χ3n) is 4.30. The van der Waals surface area contributed by atoms with Crippen LogP contribution < -0.4 is 10.6 Å². The Morgan fingerprint density at radius 3 is 2.55 bits per heavy atom. The van der Waals surface area contributed by atoms with E-state index in [9.17, 15) is 9.59 Å². The average Bonchev–Trinajstić information content (AvgIpc) is 3.15. The van der Waals surface area contributed by atoms with Crippen molar-refractivity contribution in [3.63, 3.8) is 0 Å². The number of nitrogens with one attached hydrogen (secondary N) is 2. The molecule has 158 valence electrons. The second-order valence-electron chi connectivity index (χ2n) is 6.84. The van der Waals surface area contributed by atoms with Gasteiger partial charge in [-0.2, -0.15) is 5.10 Å². The first kappa shape index (κ1) is 22.8. The zero-order valence-corrected chi connectivity index (χ0v) is 19.2. The number of hydrogen-bond acceptors (Lipinski definition) is 6. The van der Waals surface area contributed by atoms with E-state index in [1.807, 2.05) is 24.6 Å². The highest BCUT2D eigenvalue weighted by atomic mass is 32.1. The second kappa shape index (κ2) is 9.84. The van der Waals surface area contributed by atoms with Crippen LogP contribution in [0.2, 0.25) is 0 Å². The Labute approximate surface area is 180 Å². The number of anilines is 1. The van der Waals surface area contributed by atoms with Crippen LogP contribution in [0.3, 0.4) is 0 Å². The molecule has 0 fully saturated rings. The van der Waals surface area contributed by atoms with Crippen molar-refractivity contribution in [1.29, 1.82) is 0 Å². The fourth-order valence-corrected chi connectivity index (χ4v) is 4.33. The van der Waals surface area contributed by atoms with Gasteiger partial charge in [0.15, 0.2) is 5.11 Å². The normalized spacial score (nSPS) is 10.6. The van der Waals surface area contributed by atoms with E-state index in [1.165, 1.54) is 23.3 Å². The molecule has 10 heteroatoms. The molecule has 2 N–H and O–H groups in total. The van der Waals surface area contributed by atoms with Crippen LogP contribution in [0.25, 0.3) is 0 Å². The van der Waals surface area contributed by atoms with Gasteiger partial charge in [-0.3, -0.25) is 9.48 Å². The SMILES string of the molecule is COC(=O)c1c(NC(=S)NCCCn2nc(C)cc2C)sc(C(=O)N(C)C)c1C. The molecular formula is C19H27N5O3S2. The molecule has 0 aliphatic heterocycles. The Morgan fingerprint density at radius 1 is 1.31 bits per heavy atom. The molecule has 2 aromatic heterocycles. The van der Waals surface area contributed by atoms with Gasteiger partial charge < -0.3 is 20.3 Å². The first-order valence-corrected chi connectivity index (χ1v) is 10.4. The van der Waals surface area contributed by atoms with Crippen LogP contribution in [0, 0.1) is 20.8 Å². The van der Waals surface area contributed by atoms with E-state index in [0.717, 1.165) is 24.4 Å². The first-order chi connectivity index (χ1) is 13.6. The molecule has 2 heterocycles. The molecule has 0 aliphatic carbocycles. The molecule has 0 atom stereocenters. The zero-order chi connectivity index (χ0) is 21.7. The first-order valence-electron chi connectivity index (χ1n) is 9.15. The lowest BCUT2D eigenvalue weighted by molar-refractivity contribution is 0.0601. The van der Waals surface area contributed by atoms with Crippen molar-refractivity contribution in [3.8, 4) is 0 Å². The molecule has 1 amide bonds. The van der Waals surface area contributed by atoms with Gasteiger partial charge in [0.2, 0.25) is 0 Å². The summed E-state index contributed by atoms with van der Waals surface area (Å²) in [5, 5.41) is 11.5. The third-order valence-corrected chi connectivity index (χ3v) is 5.74. The molecule has 0 bridgehead atoms. The Morgan fingerprint density at radius 2 is 2.00 bits per heavy atom. The fraction of sp³-hybridized carbons (Fsp3) is 0.474. The lowest BCUT2D eigenvalue weighted by Crippen LogP contribution is -2.30. The molecule has 0 aliphatic rings. The summed E-state index contributed by atoms with van der Waals surface area (Å²) in [6, 6.07) is 2.04. The van der Waals surface area contributed by atoms with Crippen LogP contribution >= 0.6 is 23.6 Å². The van der Waals surface area contributed by atoms with Crippen LogP contribution in [-0.2, 0) is 11.3 Å². The van der Waals surface area contributed by atoms with Gasteiger partial charge in [0.05, 0.1) is 23.2 Å². The van der Waals surface area contributed by atoms with E-state index in [-0.39, 0.29) is 5.91 Å². The van der Waals surface area contributed by atoms with E-state index in [1.54, 1.807) is 21.0 Å². The highest BCUT2D eigenvalue weighted by molar-refractivity contribution is 7.80. The predicted octanol–water partition coefficient (Wildman–Crippen LogP) is 2.73. The number of aromatic nitrogens is 2. The minimum absolute atomic E-state index is 0.172. The molecule has 2 rings (SSSR count). The highest BCUT2D eigenvalue weighted by Crippen LogP contribution is 2.34. The van der Waals surface area contributed by atoms with Crippen LogP contribution in [0.15, 0.2) is 6.07 Å². The molecular weight excluding hydrogens is 410 g/mol. The second-order valence-corrected chi connectivity index (χ2v) is 8.27. The maximum Gasteiger partial charge on any atom is 0.341 e. The van der Waals surface area contributed by atoms with E-state index in [4.69, 9.17) is 17.0 Å². The van der Waals surface area contributed by atoms with Crippen molar-refractivity contribution < 1.29 is 14.3 Å². The molecule has 0 spiro atoms. The van der Waals surface area contributed by atoms with Gasteiger partial charge in [-0.25, -0.2) is 4.79 Å². The summed E-state index contributed by atoms with van der Waals surface area (Å²) >= 11 is 6.55. The third kappa shape index (κ3) is 5.54. The number of hydrogen-bond donors (Lipinski definition) is 2. The number of aryl methyl sites for hydroxylation is 3. The number of nitrogens with zero attached hydrogens (tertiary/aromatic N) is 3. The van der Waals surface area contributed by atoms with Crippen molar-refractivity contribution in [2.24, 2.45) is 0 Å². The van der Waals surface area contributed by atoms with Gasteiger partial charge in [0.1, 0.15) is 5.00 Å². The van der Waals surface area contributed by atoms with Crippen molar-refractivity contribution >= 4 is 45.5 Å². The molecule has 0 radical (unpaired) electrons. The smallest absolute Gasteiger partial charge is 0.341 e. The Kier molecular flexibility index (Phi) is 7.74. The maximum atomic E-state index is 12.4. The summed E-state index contributed by atoms with van der Waals surface area (Å²) in [6.45, 7) is 7.15. The average molecular weight is 438 g/mol. The number of rotatable bonds is 7. The van der Waals surface area contributed by atoms with Gasteiger partial charge in [-0.05, 0) is 51.0 Å².